The Balaban J connectivity index is 1.77. The number of fused-ring (bicyclic) bond motifs is 5. The van der Waals surface area contributed by atoms with Crippen LogP contribution in [-0.4, -0.2) is 23.3 Å². The second kappa shape index (κ2) is 5.02. The van der Waals surface area contributed by atoms with Gasteiger partial charge in [0.15, 0.2) is 5.78 Å². The number of aliphatic hydroxyl groups is 1. The molecule has 0 spiro atoms. The lowest BCUT2D eigenvalue weighted by Gasteiger charge is -2.59. The van der Waals surface area contributed by atoms with Crippen LogP contribution < -0.4 is 0 Å². The van der Waals surface area contributed by atoms with Gasteiger partial charge in [0.2, 0.25) is 0 Å². The van der Waals surface area contributed by atoms with E-state index >= 15 is 0 Å². The highest BCUT2D eigenvalue weighted by Gasteiger charge is 2.61. The van der Waals surface area contributed by atoms with Crippen molar-refractivity contribution < 1.29 is 14.7 Å². The topological polar surface area (TPSA) is 54.4 Å². The summed E-state index contributed by atoms with van der Waals surface area (Å²) in [6.07, 6.45) is 8.08. The van der Waals surface area contributed by atoms with E-state index in [-0.39, 0.29) is 23.2 Å². The van der Waals surface area contributed by atoms with Crippen LogP contribution in [-0.2, 0) is 9.59 Å². The summed E-state index contributed by atoms with van der Waals surface area (Å²) in [7, 11) is 0. The molecule has 0 aromatic heterocycles. The molecular formula is C20H28O3. The van der Waals surface area contributed by atoms with Gasteiger partial charge in [0.25, 0.3) is 0 Å². The number of aliphatic hydroxyl groups excluding tert-OH is 1. The zero-order valence-electron chi connectivity index (χ0n) is 14.3. The Morgan fingerprint density at radius 2 is 1.96 bits per heavy atom. The molecule has 3 saturated carbocycles. The van der Waals surface area contributed by atoms with E-state index in [1.165, 1.54) is 5.57 Å². The first-order chi connectivity index (χ1) is 10.9. The highest BCUT2D eigenvalue weighted by Crippen LogP contribution is 2.65. The Labute approximate surface area is 138 Å². The third-order valence-corrected chi connectivity index (χ3v) is 8.00. The summed E-state index contributed by atoms with van der Waals surface area (Å²) in [6, 6.07) is 0. The van der Waals surface area contributed by atoms with Gasteiger partial charge in [0, 0.05) is 23.7 Å². The van der Waals surface area contributed by atoms with Gasteiger partial charge >= 0.3 is 0 Å². The molecule has 0 aromatic carbocycles. The van der Waals surface area contributed by atoms with Gasteiger partial charge in [-0.2, -0.15) is 0 Å². The summed E-state index contributed by atoms with van der Waals surface area (Å²) < 4.78 is 0. The first-order valence-electron chi connectivity index (χ1n) is 9.31. The monoisotopic (exact) mass is 316 g/mol. The number of ketones is 2. The minimum Gasteiger partial charge on any atom is -0.395 e. The minimum absolute atomic E-state index is 0.122. The fourth-order valence-corrected chi connectivity index (χ4v) is 6.81. The highest BCUT2D eigenvalue weighted by atomic mass is 16.3. The molecule has 0 aromatic rings. The maximum absolute atomic E-state index is 12.5. The molecular weight excluding hydrogens is 288 g/mol. The Morgan fingerprint density at radius 1 is 1.17 bits per heavy atom. The number of carbonyl (C=O) groups is 2. The Morgan fingerprint density at radius 3 is 2.70 bits per heavy atom. The van der Waals surface area contributed by atoms with Gasteiger partial charge in [-0.25, -0.2) is 0 Å². The molecule has 3 heteroatoms. The van der Waals surface area contributed by atoms with Crippen molar-refractivity contribution in [3.05, 3.63) is 11.6 Å². The molecule has 0 amide bonds. The Kier molecular flexibility index (Phi) is 3.39. The number of carbonyl (C=O) groups excluding carboxylic acids is 2. The van der Waals surface area contributed by atoms with Gasteiger partial charge in [-0.3, -0.25) is 9.59 Å². The van der Waals surface area contributed by atoms with Gasteiger partial charge in [0.1, 0.15) is 5.78 Å². The van der Waals surface area contributed by atoms with E-state index in [0.717, 1.165) is 38.5 Å². The average molecular weight is 316 g/mol. The van der Waals surface area contributed by atoms with E-state index in [0.29, 0.717) is 35.9 Å². The van der Waals surface area contributed by atoms with Crippen LogP contribution in [0.2, 0.25) is 0 Å². The summed E-state index contributed by atoms with van der Waals surface area (Å²) in [6.45, 7) is 4.57. The SMILES string of the molecule is CC1C[C@@H]2[C@H](CC[C@]3(C)C(=O)CC[C@@H]23)[C@@]2(CO)CCC(=O)C=C12. The Hall–Kier alpha value is -0.960. The van der Waals surface area contributed by atoms with Crippen LogP contribution in [0.15, 0.2) is 11.6 Å². The lowest BCUT2D eigenvalue weighted by Crippen LogP contribution is -2.54. The molecule has 0 bridgehead atoms. The molecule has 0 saturated heterocycles. The highest BCUT2D eigenvalue weighted by molar-refractivity contribution is 5.92. The molecule has 4 rings (SSSR count). The minimum atomic E-state index is -0.191. The second-order valence-corrected chi connectivity index (χ2v) is 8.81. The standard InChI is InChI=1S/C20H28O3/c1-12-9-14-15-3-4-18(23)19(15,2)7-6-16(14)20(11-21)8-5-13(22)10-17(12)20/h10,12,14-16,21H,3-9,11H2,1-2H3/t12?,14-,15-,16-,19-,20-/m0/s1. The fraction of sp³-hybridized carbons (Fsp3) is 0.800. The molecule has 0 heterocycles. The maximum Gasteiger partial charge on any atom is 0.155 e. The van der Waals surface area contributed by atoms with Crippen molar-refractivity contribution in [2.75, 3.05) is 6.61 Å². The molecule has 1 unspecified atom stereocenters. The van der Waals surface area contributed by atoms with Crippen LogP contribution in [0.25, 0.3) is 0 Å². The molecule has 0 radical (unpaired) electrons. The predicted molar refractivity (Wildman–Crippen MR) is 87.7 cm³/mol. The molecule has 23 heavy (non-hydrogen) atoms. The number of hydrogen-bond donors (Lipinski definition) is 1. The lowest BCUT2D eigenvalue weighted by atomic mass is 9.45. The first kappa shape index (κ1) is 15.6. The quantitative estimate of drug-likeness (QED) is 0.807. The third-order valence-electron chi connectivity index (χ3n) is 8.00. The largest absolute Gasteiger partial charge is 0.395 e. The molecule has 4 aliphatic rings. The van der Waals surface area contributed by atoms with E-state index < -0.39 is 0 Å². The van der Waals surface area contributed by atoms with Gasteiger partial charge in [-0.1, -0.05) is 19.4 Å². The van der Waals surface area contributed by atoms with Crippen LogP contribution in [0.4, 0.5) is 0 Å². The van der Waals surface area contributed by atoms with Crippen LogP contribution >= 0.6 is 0 Å². The predicted octanol–water partition coefficient (Wildman–Crippen LogP) is 3.31. The van der Waals surface area contributed by atoms with E-state index in [4.69, 9.17) is 0 Å². The van der Waals surface area contributed by atoms with E-state index in [1.807, 2.05) is 6.08 Å². The second-order valence-electron chi connectivity index (χ2n) is 8.81. The number of hydrogen-bond acceptors (Lipinski definition) is 3. The van der Waals surface area contributed by atoms with E-state index in [1.54, 1.807) is 0 Å². The zero-order valence-corrected chi connectivity index (χ0v) is 14.3. The summed E-state index contributed by atoms with van der Waals surface area (Å²) >= 11 is 0. The summed E-state index contributed by atoms with van der Waals surface area (Å²) in [5.41, 5.74) is 0.900. The molecule has 3 nitrogen and oxygen atoms in total. The van der Waals surface area contributed by atoms with Crippen molar-refractivity contribution in [2.24, 2.45) is 34.5 Å². The van der Waals surface area contributed by atoms with Crippen LogP contribution in [0.1, 0.15) is 58.8 Å². The van der Waals surface area contributed by atoms with Crippen molar-refractivity contribution in [1.82, 2.24) is 0 Å². The van der Waals surface area contributed by atoms with Crippen molar-refractivity contribution >= 4 is 11.6 Å². The van der Waals surface area contributed by atoms with Gasteiger partial charge in [0.05, 0.1) is 6.61 Å². The number of Topliss-reactive ketones (excluding diaryl/α,β-unsaturated/α-hetero) is 1. The van der Waals surface area contributed by atoms with E-state index in [2.05, 4.69) is 13.8 Å². The number of rotatable bonds is 1. The molecule has 126 valence electrons. The molecule has 4 aliphatic carbocycles. The zero-order chi connectivity index (χ0) is 16.4. The molecule has 3 fully saturated rings. The van der Waals surface area contributed by atoms with Crippen molar-refractivity contribution in [3.8, 4) is 0 Å². The van der Waals surface area contributed by atoms with Crippen LogP contribution in [0, 0.1) is 34.5 Å². The van der Waals surface area contributed by atoms with Crippen molar-refractivity contribution in [2.45, 2.75) is 58.8 Å². The van der Waals surface area contributed by atoms with Crippen LogP contribution in [0.3, 0.4) is 0 Å². The Bertz CT molecular complexity index is 592. The lowest BCUT2D eigenvalue weighted by molar-refractivity contribution is -0.135. The van der Waals surface area contributed by atoms with Crippen LogP contribution in [0.5, 0.6) is 0 Å². The molecule has 6 atom stereocenters. The maximum atomic E-state index is 12.5. The summed E-state index contributed by atoms with van der Waals surface area (Å²) in [4.78, 5) is 24.4. The van der Waals surface area contributed by atoms with Gasteiger partial charge in [-0.05, 0) is 61.9 Å². The van der Waals surface area contributed by atoms with Crippen molar-refractivity contribution in [3.63, 3.8) is 0 Å². The molecule has 1 N–H and O–H groups in total. The average Bonchev–Trinajstić information content (AvgIpc) is 2.84. The first-order valence-corrected chi connectivity index (χ1v) is 9.31. The van der Waals surface area contributed by atoms with Gasteiger partial charge in [-0.15, -0.1) is 0 Å². The normalized spacial score (nSPS) is 49.3. The molecule has 0 aliphatic heterocycles. The fourth-order valence-electron chi connectivity index (χ4n) is 6.81. The van der Waals surface area contributed by atoms with Gasteiger partial charge < -0.3 is 5.11 Å². The summed E-state index contributed by atoms with van der Waals surface area (Å²) in [5.74, 6) is 2.52. The van der Waals surface area contributed by atoms with E-state index in [9.17, 15) is 14.7 Å². The summed E-state index contributed by atoms with van der Waals surface area (Å²) in [5, 5.41) is 10.4. The smallest absolute Gasteiger partial charge is 0.155 e. The van der Waals surface area contributed by atoms with Crippen molar-refractivity contribution in [1.29, 1.82) is 0 Å². The third kappa shape index (κ3) is 1.92.